The average Bonchev–Trinajstić information content (AvgIpc) is 2.68. The molecule has 0 aliphatic heterocycles. The molecule has 2 heterocycles. The molecule has 17 heavy (non-hydrogen) atoms. The number of hydrogen-bond donors (Lipinski definition) is 0. The molecule has 0 radical (unpaired) electrons. The van der Waals surface area contributed by atoms with Crippen molar-refractivity contribution < 1.29 is 0 Å². The Morgan fingerprint density at radius 2 is 2.29 bits per heavy atom. The molecule has 0 saturated heterocycles. The lowest BCUT2D eigenvalue weighted by atomic mass is 9.82. The molecule has 1 aliphatic rings. The first kappa shape index (κ1) is 11.3. The number of hydrogen-bond acceptors (Lipinski definition) is 1. The number of fused-ring (bicyclic) bond motifs is 3. The van der Waals surface area contributed by atoms with Gasteiger partial charge >= 0.3 is 0 Å². The second-order valence-electron chi connectivity index (χ2n) is 5.30. The SMILES string of the molecule is CC(C)C1CCc2nc3c(Br)cccn3c2C1. The van der Waals surface area contributed by atoms with Gasteiger partial charge in [0.1, 0.15) is 0 Å². The smallest absolute Gasteiger partial charge is 0.151 e. The Bertz CT molecular complexity index is 557. The molecule has 1 atom stereocenters. The summed E-state index contributed by atoms with van der Waals surface area (Å²) in [4.78, 5) is 4.76. The van der Waals surface area contributed by atoms with Gasteiger partial charge in [0, 0.05) is 11.9 Å². The summed E-state index contributed by atoms with van der Waals surface area (Å²) in [5, 5.41) is 0. The summed E-state index contributed by atoms with van der Waals surface area (Å²) >= 11 is 3.58. The minimum Gasteiger partial charge on any atom is -0.303 e. The molecule has 2 nitrogen and oxygen atoms in total. The first-order valence-corrected chi connectivity index (χ1v) is 7.10. The van der Waals surface area contributed by atoms with E-state index in [0.717, 1.165) is 28.4 Å². The van der Waals surface area contributed by atoms with Gasteiger partial charge in [0.25, 0.3) is 0 Å². The van der Waals surface area contributed by atoms with Crippen molar-refractivity contribution in [1.29, 1.82) is 0 Å². The highest BCUT2D eigenvalue weighted by Gasteiger charge is 2.25. The van der Waals surface area contributed by atoms with Crippen molar-refractivity contribution >= 4 is 21.6 Å². The molecule has 1 unspecified atom stereocenters. The third-order valence-electron chi connectivity index (χ3n) is 3.93. The lowest BCUT2D eigenvalue weighted by Gasteiger charge is -2.25. The highest BCUT2D eigenvalue weighted by Crippen LogP contribution is 2.31. The lowest BCUT2D eigenvalue weighted by molar-refractivity contribution is 0.337. The number of nitrogens with zero attached hydrogens (tertiary/aromatic N) is 2. The molecule has 2 aromatic rings. The maximum atomic E-state index is 4.76. The summed E-state index contributed by atoms with van der Waals surface area (Å²) in [5.74, 6) is 1.57. The summed E-state index contributed by atoms with van der Waals surface area (Å²) in [6, 6.07) is 4.14. The maximum absolute atomic E-state index is 4.76. The van der Waals surface area contributed by atoms with Crippen molar-refractivity contribution in [3.8, 4) is 0 Å². The standard InChI is InChI=1S/C14H17BrN2/c1-9(2)10-5-6-12-13(8-10)17-7-3-4-11(15)14(17)16-12/h3-4,7,9-10H,5-6,8H2,1-2H3. The van der Waals surface area contributed by atoms with E-state index >= 15 is 0 Å². The fourth-order valence-electron chi connectivity index (χ4n) is 2.79. The van der Waals surface area contributed by atoms with Crippen LogP contribution in [0.5, 0.6) is 0 Å². The monoisotopic (exact) mass is 292 g/mol. The molecule has 90 valence electrons. The van der Waals surface area contributed by atoms with Gasteiger partial charge < -0.3 is 4.40 Å². The van der Waals surface area contributed by atoms with Crippen LogP contribution >= 0.6 is 15.9 Å². The summed E-state index contributed by atoms with van der Waals surface area (Å²) in [6.45, 7) is 4.66. The van der Waals surface area contributed by atoms with Crippen LogP contribution in [-0.4, -0.2) is 9.38 Å². The zero-order chi connectivity index (χ0) is 12.0. The highest BCUT2D eigenvalue weighted by atomic mass is 79.9. The van der Waals surface area contributed by atoms with Gasteiger partial charge in [0.05, 0.1) is 10.2 Å². The Balaban J connectivity index is 2.12. The molecular weight excluding hydrogens is 276 g/mol. The van der Waals surface area contributed by atoms with Crippen molar-refractivity contribution in [2.24, 2.45) is 11.8 Å². The van der Waals surface area contributed by atoms with Gasteiger partial charge in [-0.25, -0.2) is 4.98 Å². The zero-order valence-corrected chi connectivity index (χ0v) is 11.9. The van der Waals surface area contributed by atoms with E-state index in [2.05, 4.69) is 52.5 Å². The van der Waals surface area contributed by atoms with Gasteiger partial charge in [-0.05, 0) is 59.2 Å². The molecule has 0 amide bonds. The first-order chi connectivity index (χ1) is 8.16. The van der Waals surface area contributed by atoms with E-state index in [0.29, 0.717) is 0 Å². The largest absolute Gasteiger partial charge is 0.303 e. The molecule has 1 aliphatic carbocycles. The quantitative estimate of drug-likeness (QED) is 0.780. The normalized spacial score (nSPS) is 19.9. The van der Waals surface area contributed by atoms with E-state index in [1.807, 2.05) is 0 Å². The van der Waals surface area contributed by atoms with Gasteiger partial charge in [-0.2, -0.15) is 0 Å². The zero-order valence-electron chi connectivity index (χ0n) is 10.3. The predicted molar refractivity (Wildman–Crippen MR) is 73.2 cm³/mol. The molecule has 0 aromatic carbocycles. The average molecular weight is 293 g/mol. The lowest BCUT2D eigenvalue weighted by Crippen LogP contribution is -2.19. The number of halogens is 1. The Hall–Kier alpha value is -0.830. The fraction of sp³-hybridized carbons (Fsp3) is 0.500. The molecule has 0 spiro atoms. The van der Waals surface area contributed by atoms with E-state index in [9.17, 15) is 0 Å². The number of imidazole rings is 1. The van der Waals surface area contributed by atoms with Crippen LogP contribution in [0.1, 0.15) is 31.7 Å². The Morgan fingerprint density at radius 3 is 3.06 bits per heavy atom. The van der Waals surface area contributed by atoms with Crippen LogP contribution in [0, 0.1) is 11.8 Å². The van der Waals surface area contributed by atoms with Gasteiger partial charge in [-0.1, -0.05) is 13.8 Å². The Labute approximate surface area is 110 Å². The van der Waals surface area contributed by atoms with E-state index < -0.39 is 0 Å². The number of aromatic nitrogens is 2. The molecule has 3 heteroatoms. The summed E-state index contributed by atoms with van der Waals surface area (Å²) in [6.07, 6.45) is 5.72. The van der Waals surface area contributed by atoms with Crippen molar-refractivity contribution in [1.82, 2.24) is 9.38 Å². The van der Waals surface area contributed by atoms with Crippen LogP contribution < -0.4 is 0 Å². The van der Waals surface area contributed by atoms with E-state index in [4.69, 9.17) is 4.98 Å². The van der Waals surface area contributed by atoms with Crippen LogP contribution in [0.15, 0.2) is 22.8 Å². The van der Waals surface area contributed by atoms with Crippen LogP contribution in [0.3, 0.4) is 0 Å². The van der Waals surface area contributed by atoms with Gasteiger partial charge in [0.2, 0.25) is 0 Å². The number of pyridine rings is 1. The summed E-state index contributed by atoms with van der Waals surface area (Å²) < 4.78 is 3.35. The molecular formula is C14H17BrN2. The van der Waals surface area contributed by atoms with Crippen molar-refractivity contribution in [2.75, 3.05) is 0 Å². The maximum Gasteiger partial charge on any atom is 0.151 e. The Kier molecular flexibility index (Phi) is 2.74. The summed E-state index contributed by atoms with van der Waals surface area (Å²) in [7, 11) is 0. The first-order valence-electron chi connectivity index (χ1n) is 6.31. The second-order valence-corrected chi connectivity index (χ2v) is 6.16. The molecule has 2 aromatic heterocycles. The van der Waals surface area contributed by atoms with Crippen LogP contribution in [0.25, 0.3) is 5.65 Å². The van der Waals surface area contributed by atoms with Gasteiger partial charge in [0.15, 0.2) is 5.65 Å². The topological polar surface area (TPSA) is 17.3 Å². The molecule has 0 saturated carbocycles. The van der Waals surface area contributed by atoms with Gasteiger partial charge in [-0.3, -0.25) is 0 Å². The third-order valence-corrected chi connectivity index (χ3v) is 4.55. The van der Waals surface area contributed by atoms with Crippen molar-refractivity contribution in [2.45, 2.75) is 33.1 Å². The minimum absolute atomic E-state index is 0.765. The van der Waals surface area contributed by atoms with Crippen LogP contribution in [0.2, 0.25) is 0 Å². The second kappa shape index (κ2) is 4.13. The molecule has 0 N–H and O–H groups in total. The third kappa shape index (κ3) is 1.81. The van der Waals surface area contributed by atoms with Gasteiger partial charge in [-0.15, -0.1) is 0 Å². The fourth-order valence-corrected chi connectivity index (χ4v) is 3.22. The van der Waals surface area contributed by atoms with Crippen LogP contribution in [-0.2, 0) is 12.8 Å². The number of aryl methyl sites for hydroxylation is 1. The molecule has 0 fully saturated rings. The molecule has 3 rings (SSSR count). The van der Waals surface area contributed by atoms with Crippen LogP contribution in [0.4, 0.5) is 0 Å². The summed E-state index contributed by atoms with van der Waals surface area (Å²) in [5.41, 5.74) is 3.79. The van der Waals surface area contributed by atoms with E-state index in [-0.39, 0.29) is 0 Å². The van der Waals surface area contributed by atoms with E-state index in [1.54, 1.807) is 0 Å². The highest BCUT2D eigenvalue weighted by molar-refractivity contribution is 9.10. The van der Waals surface area contributed by atoms with Crippen molar-refractivity contribution in [3.05, 3.63) is 34.2 Å². The van der Waals surface area contributed by atoms with Crippen molar-refractivity contribution in [3.63, 3.8) is 0 Å². The number of rotatable bonds is 1. The predicted octanol–water partition coefficient (Wildman–Crippen LogP) is 3.86. The Morgan fingerprint density at radius 1 is 1.47 bits per heavy atom. The van der Waals surface area contributed by atoms with E-state index in [1.165, 1.54) is 24.2 Å². The molecule has 0 bridgehead atoms. The minimum atomic E-state index is 0.765.